The van der Waals surface area contributed by atoms with Crippen molar-refractivity contribution in [2.45, 2.75) is 32.2 Å². The second kappa shape index (κ2) is 2.94. The van der Waals surface area contributed by atoms with E-state index < -0.39 is 0 Å². The Balaban J connectivity index is 2.16. The molecule has 0 aromatic carbocycles. The molecule has 2 nitrogen and oxygen atoms in total. The lowest BCUT2D eigenvalue weighted by molar-refractivity contribution is 0.525. The number of aryl methyl sites for hydroxylation is 1. The molecule has 0 radical (unpaired) electrons. The molecule has 1 aliphatic heterocycles. The van der Waals surface area contributed by atoms with Crippen molar-refractivity contribution in [3.63, 3.8) is 0 Å². The summed E-state index contributed by atoms with van der Waals surface area (Å²) in [7, 11) is 0. The fraction of sp³-hybridized carbons (Fsp3) is 0.600. The van der Waals surface area contributed by atoms with E-state index in [9.17, 15) is 0 Å². The Bertz CT molecular complexity index is 267. The number of hydrogen-bond acceptors (Lipinski definition) is 2. The highest BCUT2D eigenvalue weighted by Gasteiger charge is 2.24. The highest BCUT2D eigenvalue weighted by atomic mass is 16.3. The molecular formula is C10H15NO. The minimum atomic E-state index is 0.657. The molecule has 1 fully saturated rings. The molecule has 1 aromatic heterocycles. The number of hydrogen-bond donors (Lipinski definition) is 1. The van der Waals surface area contributed by atoms with E-state index in [4.69, 9.17) is 4.42 Å². The zero-order chi connectivity index (χ0) is 8.55. The summed E-state index contributed by atoms with van der Waals surface area (Å²) in [4.78, 5) is 0. The van der Waals surface area contributed by atoms with Gasteiger partial charge in [0.2, 0.25) is 0 Å². The molecule has 0 bridgehead atoms. The lowest BCUT2D eigenvalue weighted by Gasteiger charge is -2.05. The molecule has 2 heteroatoms. The van der Waals surface area contributed by atoms with Gasteiger partial charge in [-0.25, -0.2) is 0 Å². The zero-order valence-corrected chi connectivity index (χ0v) is 7.63. The molecule has 2 unspecified atom stereocenters. The predicted octanol–water partition coefficient (Wildman–Crippen LogP) is 2.05. The number of furan rings is 1. The zero-order valence-electron chi connectivity index (χ0n) is 7.63. The van der Waals surface area contributed by atoms with Gasteiger partial charge in [0, 0.05) is 18.5 Å². The first-order valence-electron chi connectivity index (χ1n) is 4.54. The summed E-state index contributed by atoms with van der Waals surface area (Å²) in [5.74, 6) is 1.75. The minimum absolute atomic E-state index is 0.657. The van der Waals surface area contributed by atoms with E-state index in [0.29, 0.717) is 12.0 Å². The summed E-state index contributed by atoms with van der Waals surface area (Å²) in [6.45, 7) is 5.37. The van der Waals surface area contributed by atoms with Gasteiger partial charge in [-0.2, -0.15) is 0 Å². The highest BCUT2D eigenvalue weighted by Crippen LogP contribution is 2.28. The highest BCUT2D eigenvalue weighted by molar-refractivity contribution is 5.22. The van der Waals surface area contributed by atoms with Crippen LogP contribution in [-0.2, 0) is 0 Å². The van der Waals surface area contributed by atoms with Crippen LogP contribution in [0.25, 0.3) is 0 Å². The van der Waals surface area contributed by atoms with Gasteiger partial charge >= 0.3 is 0 Å². The Labute approximate surface area is 73.0 Å². The normalized spacial score (nSPS) is 29.5. The van der Waals surface area contributed by atoms with Gasteiger partial charge in [0.05, 0.1) is 6.26 Å². The first-order valence-corrected chi connectivity index (χ1v) is 4.54. The third kappa shape index (κ3) is 1.27. The number of nitrogens with one attached hydrogen (secondary N) is 1. The van der Waals surface area contributed by atoms with Crippen molar-refractivity contribution in [3.05, 3.63) is 23.7 Å². The van der Waals surface area contributed by atoms with Gasteiger partial charge in [-0.15, -0.1) is 0 Å². The smallest absolute Gasteiger partial charge is 0.104 e. The van der Waals surface area contributed by atoms with Crippen LogP contribution in [0.4, 0.5) is 0 Å². The summed E-state index contributed by atoms with van der Waals surface area (Å²) in [6.07, 6.45) is 3.02. The van der Waals surface area contributed by atoms with Crippen LogP contribution in [0.1, 0.15) is 30.6 Å². The SMILES string of the molecule is Cc1occc1C1CNC(C)C1. The predicted molar refractivity (Wildman–Crippen MR) is 48.3 cm³/mol. The van der Waals surface area contributed by atoms with Crippen molar-refractivity contribution in [3.8, 4) is 0 Å². The lowest BCUT2D eigenvalue weighted by atomic mass is 9.97. The summed E-state index contributed by atoms with van der Waals surface area (Å²) < 4.78 is 5.28. The minimum Gasteiger partial charge on any atom is -0.469 e. The molecule has 1 aromatic rings. The Morgan fingerprint density at radius 2 is 2.42 bits per heavy atom. The van der Waals surface area contributed by atoms with Crippen LogP contribution >= 0.6 is 0 Å². The molecular weight excluding hydrogens is 150 g/mol. The summed E-state index contributed by atoms with van der Waals surface area (Å²) in [5, 5.41) is 3.44. The second-order valence-electron chi connectivity index (χ2n) is 3.67. The fourth-order valence-corrected chi connectivity index (χ4v) is 1.99. The van der Waals surface area contributed by atoms with E-state index in [2.05, 4.69) is 18.3 Å². The van der Waals surface area contributed by atoms with E-state index in [1.165, 1.54) is 12.0 Å². The lowest BCUT2D eigenvalue weighted by Crippen LogP contribution is -2.16. The number of rotatable bonds is 1. The molecule has 2 heterocycles. The van der Waals surface area contributed by atoms with Crippen molar-refractivity contribution in [1.82, 2.24) is 5.32 Å². The van der Waals surface area contributed by atoms with Crippen molar-refractivity contribution in [2.75, 3.05) is 6.54 Å². The quantitative estimate of drug-likeness (QED) is 0.689. The Morgan fingerprint density at radius 1 is 1.58 bits per heavy atom. The van der Waals surface area contributed by atoms with Gasteiger partial charge in [0.1, 0.15) is 5.76 Å². The van der Waals surface area contributed by atoms with Crippen LogP contribution in [-0.4, -0.2) is 12.6 Å². The first kappa shape index (κ1) is 7.87. The monoisotopic (exact) mass is 165 g/mol. The van der Waals surface area contributed by atoms with Crippen molar-refractivity contribution >= 4 is 0 Å². The third-order valence-electron chi connectivity index (χ3n) is 2.69. The van der Waals surface area contributed by atoms with Gasteiger partial charge in [0.25, 0.3) is 0 Å². The second-order valence-corrected chi connectivity index (χ2v) is 3.67. The van der Waals surface area contributed by atoms with Crippen LogP contribution in [0.5, 0.6) is 0 Å². The molecule has 1 saturated heterocycles. The van der Waals surface area contributed by atoms with Crippen molar-refractivity contribution in [1.29, 1.82) is 0 Å². The Morgan fingerprint density at radius 3 is 2.92 bits per heavy atom. The molecule has 66 valence electrons. The maximum Gasteiger partial charge on any atom is 0.104 e. The molecule has 2 rings (SSSR count). The first-order chi connectivity index (χ1) is 5.77. The summed E-state index contributed by atoms with van der Waals surface area (Å²) in [6, 6.07) is 2.75. The van der Waals surface area contributed by atoms with E-state index in [0.717, 1.165) is 12.3 Å². The average molecular weight is 165 g/mol. The molecule has 1 N–H and O–H groups in total. The van der Waals surface area contributed by atoms with Crippen LogP contribution in [0.2, 0.25) is 0 Å². The fourth-order valence-electron chi connectivity index (χ4n) is 1.99. The van der Waals surface area contributed by atoms with Crippen LogP contribution in [0, 0.1) is 6.92 Å². The molecule has 1 aliphatic rings. The van der Waals surface area contributed by atoms with E-state index >= 15 is 0 Å². The van der Waals surface area contributed by atoms with E-state index in [1.54, 1.807) is 6.26 Å². The van der Waals surface area contributed by atoms with Crippen LogP contribution in [0.3, 0.4) is 0 Å². The van der Waals surface area contributed by atoms with Crippen molar-refractivity contribution in [2.24, 2.45) is 0 Å². The topological polar surface area (TPSA) is 25.2 Å². The maximum atomic E-state index is 5.28. The van der Waals surface area contributed by atoms with Crippen LogP contribution < -0.4 is 5.32 Å². The average Bonchev–Trinajstić information content (AvgIpc) is 2.58. The molecule has 0 aliphatic carbocycles. The van der Waals surface area contributed by atoms with E-state index in [1.807, 2.05) is 6.92 Å². The molecule has 2 atom stereocenters. The molecule has 0 spiro atoms. The standard InChI is InChI=1S/C10H15NO/c1-7-5-9(6-11-7)10-3-4-12-8(10)2/h3-4,7,9,11H,5-6H2,1-2H3. The molecule has 0 saturated carbocycles. The van der Waals surface area contributed by atoms with Gasteiger partial charge in [0.15, 0.2) is 0 Å². The van der Waals surface area contributed by atoms with Crippen molar-refractivity contribution < 1.29 is 4.42 Å². The van der Waals surface area contributed by atoms with E-state index in [-0.39, 0.29) is 0 Å². The Kier molecular flexibility index (Phi) is 1.93. The van der Waals surface area contributed by atoms with Crippen LogP contribution in [0.15, 0.2) is 16.7 Å². The van der Waals surface area contributed by atoms with Gasteiger partial charge in [-0.05, 0) is 31.9 Å². The molecule has 12 heavy (non-hydrogen) atoms. The third-order valence-corrected chi connectivity index (χ3v) is 2.69. The largest absolute Gasteiger partial charge is 0.469 e. The van der Waals surface area contributed by atoms with Gasteiger partial charge in [-0.1, -0.05) is 0 Å². The van der Waals surface area contributed by atoms with Gasteiger partial charge in [-0.3, -0.25) is 0 Å². The maximum absolute atomic E-state index is 5.28. The molecule has 0 amide bonds. The van der Waals surface area contributed by atoms with Gasteiger partial charge < -0.3 is 9.73 Å². The summed E-state index contributed by atoms with van der Waals surface area (Å²) >= 11 is 0. The summed E-state index contributed by atoms with van der Waals surface area (Å²) in [5.41, 5.74) is 1.38. The Hall–Kier alpha value is -0.760.